The first kappa shape index (κ1) is 15.2. The normalized spacial score (nSPS) is 15.9. The molecule has 1 saturated carbocycles. The van der Waals surface area contributed by atoms with Crippen LogP contribution in [0.15, 0.2) is 24.3 Å². The molecule has 0 bridgehead atoms. The Hall–Kier alpha value is -1.22. The fraction of sp³-hybridized carbons (Fsp3) is 0.562. The minimum Gasteiger partial charge on any atom is -0.497 e. The lowest BCUT2D eigenvalue weighted by Crippen LogP contribution is -2.36. The first-order chi connectivity index (χ1) is 9.74. The van der Waals surface area contributed by atoms with Gasteiger partial charge >= 0.3 is 0 Å². The van der Waals surface area contributed by atoms with E-state index in [2.05, 4.69) is 0 Å². The number of carbonyl (C=O) groups excluding carboxylic acids is 1. The number of halogens is 1. The van der Waals surface area contributed by atoms with Gasteiger partial charge in [0.05, 0.1) is 7.11 Å². The molecule has 20 heavy (non-hydrogen) atoms. The lowest BCUT2D eigenvalue weighted by Gasteiger charge is -2.29. The number of benzene rings is 1. The Morgan fingerprint density at radius 3 is 2.45 bits per heavy atom. The standard InChI is InChI=1S/C16H22ClNO2/c1-20-15-9-7-14(8-10-15)18(16(19)11-17)12-13-5-3-2-4-6-13/h7-10,13H,2-6,11-12H2,1H3. The van der Waals surface area contributed by atoms with Crippen molar-refractivity contribution in [1.29, 1.82) is 0 Å². The quantitative estimate of drug-likeness (QED) is 0.772. The van der Waals surface area contributed by atoms with E-state index in [1.54, 1.807) is 7.11 Å². The maximum atomic E-state index is 12.1. The van der Waals surface area contributed by atoms with Crippen molar-refractivity contribution >= 4 is 23.2 Å². The van der Waals surface area contributed by atoms with Crippen molar-refractivity contribution in [3.63, 3.8) is 0 Å². The van der Waals surface area contributed by atoms with Crippen LogP contribution in [0.3, 0.4) is 0 Å². The molecule has 0 N–H and O–H groups in total. The van der Waals surface area contributed by atoms with Crippen LogP contribution in [0.4, 0.5) is 5.69 Å². The first-order valence-electron chi connectivity index (χ1n) is 7.25. The molecule has 2 rings (SSSR count). The molecule has 3 nitrogen and oxygen atoms in total. The zero-order valence-electron chi connectivity index (χ0n) is 12.0. The molecule has 1 aliphatic carbocycles. The second kappa shape index (κ2) is 7.53. The molecule has 1 amide bonds. The number of hydrogen-bond donors (Lipinski definition) is 0. The molecule has 0 saturated heterocycles. The molecular formula is C16H22ClNO2. The lowest BCUT2D eigenvalue weighted by molar-refractivity contribution is -0.116. The van der Waals surface area contributed by atoms with Crippen molar-refractivity contribution < 1.29 is 9.53 Å². The van der Waals surface area contributed by atoms with Crippen LogP contribution in [0.2, 0.25) is 0 Å². The zero-order valence-corrected chi connectivity index (χ0v) is 12.7. The van der Waals surface area contributed by atoms with Gasteiger partial charge in [-0.3, -0.25) is 4.79 Å². The van der Waals surface area contributed by atoms with Crippen molar-refractivity contribution in [2.45, 2.75) is 32.1 Å². The molecule has 1 aromatic carbocycles. The minimum atomic E-state index is -0.0255. The molecule has 0 heterocycles. The van der Waals surface area contributed by atoms with Crippen molar-refractivity contribution in [3.8, 4) is 5.75 Å². The summed E-state index contributed by atoms with van der Waals surface area (Å²) in [5, 5.41) is 0. The molecule has 110 valence electrons. The van der Waals surface area contributed by atoms with Crippen LogP contribution >= 0.6 is 11.6 Å². The highest BCUT2D eigenvalue weighted by Gasteiger charge is 2.21. The smallest absolute Gasteiger partial charge is 0.241 e. The van der Waals surface area contributed by atoms with Crippen molar-refractivity contribution in [1.82, 2.24) is 0 Å². The van der Waals surface area contributed by atoms with Gasteiger partial charge in [-0.25, -0.2) is 0 Å². The van der Waals surface area contributed by atoms with Crippen LogP contribution in [-0.2, 0) is 4.79 Å². The van der Waals surface area contributed by atoms with Gasteiger partial charge in [0.2, 0.25) is 5.91 Å². The molecule has 4 heteroatoms. The SMILES string of the molecule is COc1ccc(N(CC2CCCCC2)C(=O)CCl)cc1. The number of carbonyl (C=O) groups is 1. The van der Waals surface area contributed by atoms with Gasteiger partial charge in [-0.1, -0.05) is 19.3 Å². The number of rotatable bonds is 5. The Morgan fingerprint density at radius 1 is 1.25 bits per heavy atom. The van der Waals surface area contributed by atoms with Crippen molar-refractivity contribution in [3.05, 3.63) is 24.3 Å². The molecular weight excluding hydrogens is 274 g/mol. The maximum Gasteiger partial charge on any atom is 0.241 e. The van der Waals surface area contributed by atoms with Gasteiger partial charge in [0.25, 0.3) is 0 Å². The highest BCUT2D eigenvalue weighted by molar-refractivity contribution is 6.29. The molecule has 1 aromatic rings. The first-order valence-corrected chi connectivity index (χ1v) is 7.78. The van der Waals surface area contributed by atoms with Gasteiger partial charge in [0.15, 0.2) is 0 Å². The topological polar surface area (TPSA) is 29.5 Å². The molecule has 0 spiro atoms. The second-order valence-corrected chi connectivity index (χ2v) is 5.61. The Labute approximate surface area is 125 Å². The van der Waals surface area contributed by atoms with Gasteiger partial charge in [-0.05, 0) is 43.0 Å². The predicted octanol–water partition coefficient (Wildman–Crippen LogP) is 3.85. The van der Waals surface area contributed by atoms with E-state index in [4.69, 9.17) is 16.3 Å². The Bertz CT molecular complexity index is 427. The van der Waals surface area contributed by atoms with E-state index in [0.29, 0.717) is 5.92 Å². The van der Waals surface area contributed by atoms with E-state index in [0.717, 1.165) is 18.0 Å². The largest absolute Gasteiger partial charge is 0.497 e. The average molecular weight is 296 g/mol. The summed E-state index contributed by atoms with van der Waals surface area (Å²) in [6.07, 6.45) is 6.29. The summed E-state index contributed by atoms with van der Waals surface area (Å²) in [4.78, 5) is 13.9. The summed E-state index contributed by atoms with van der Waals surface area (Å²) in [7, 11) is 1.64. The molecule has 0 atom stereocenters. The number of ether oxygens (including phenoxy) is 1. The Kier molecular flexibility index (Phi) is 5.72. The van der Waals surface area contributed by atoms with Crippen LogP contribution in [0.25, 0.3) is 0 Å². The minimum absolute atomic E-state index is 0.0255. The highest BCUT2D eigenvalue weighted by atomic mass is 35.5. The van der Waals surface area contributed by atoms with E-state index < -0.39 is 0 Å². The molecule has 0 aromatic heterocycles. The highest BCUT2D eigenvalue weighted by Crippen LogP contribution is 2.27. The fourth-order valence-corrected chi connectivity index (χ4v) is 2.96. The van der Waals surface area contributed by atoms with Gasteiger partial charge in [-0.15, -0.1) is 11.6 Å². The van der Waals surface area contributed by atoms with Crippen molar-refractivity contribution in [2.75, 3.05) is 24.4 Å². The van der Waals surface area contributed by atoms with Gasteiger partial charge in [-0.2, -0.15) is 0 Å². The van der Waals surface area contributed by atoms with Gasteiger partial charge in [0.1, 0.15) is 11.6 Å². The summed E-state index contributed by atoms with van der Waals surface area (Å²) in [5.41, 5.74) is 0.905. The summed E-state index contributed by atoms with van der Waals surface area (Å²) in [5.74, 6) is 1.39. The molecule has 0 radical (unpaired) electrons. The third-order valence-corrected chi connectivity index (χ3v) is 4.19. The second-order valence-electron chi connectivity index (χ2n) is 5.34. The van der Waals surface area contributed by atoms with Crippen LogP contribution in [0.1, 0.15) is 32.1 Å². The number of nitrogens with zero attached hydrogens (tertiary/aromatic N) is 1. The van der Waals surface area contributed by atoms with Crippen LogP contribution in [0, 0.1) is 5.92 Å². The van der Waals surface area contributed by atoms with Crippen LogP contribution < -0.4 is 9.64 Å². The van der Waals surface area contributed by atoms with Gasteiger partial charge in [0, 0.05) is 12.2 Å². The Morgan fingerprint density at radius 2 is 1.90 bits per heavy atom. The number of methoxy groups -OCH3 is 1. The van der Waals surface area contributed by atoms with E-state index in [1.807, 2.05) is 29.2 Å². The van der Waals surface area contributed by atoms with Crippen LogP contribution in [-0.4, -0.2) is 25.4 Å². The summed E-state index contributed by atoms with van der Waals surface area (Å²) in [6.45, 7) is 0.776. The summed E-state index contributed by atoms with van der Waals surface area (Å²) in [6, 6.07) is 7.60. The lowest BCUT2D eigenvalue weighted by atomic mass is 9.89. The molecule has 1 fully saturated rings. The fourth-order valence-electron chi connectivity index (χ4n) is 2.81. The Balaban J connectivity index is 2.10. The van der Waals surface area contributed by atoms with E-state index in [-0.39, 0.29) is 11.8 Å². The monoisotopic (exact) mass is 295 g/mol. The number of anilines is 1. The molecule has 1 aliphatic rings. The molecule has 0 aliphatic heterocycles. The van der Waals surface area contributed by atoms with Crippen LogP contribution in [0.5, 0.6) is 5.75 Å². The third kappa shape index (κ3) is 3.89. The van der Waals surface area contributed by atoms with Gasteiger partial charge < -0.3 is 9.64 Å². The van der Waals surface area contributed by atoms with E-state index in [9.17, 15) is 4.79 Å². The summed E-state index contributed by atoms with van der Waals surface area (Å²) >= 11 is 5.76. The third-order valence-electron chi connectivity index (χ3n) is 3.96. The zero-order chi connectivity index (χ0) is 14.4. The predicted molar refractivity (Wildman–Crippen MR) is 82.6 cm³/mol. The number of alkyl halides is 1. The summed E-state index contributed by atoms with van der Waals surface area (Å²) < 4.78 is 5.16. The molecule has 0 unspecified atom stereocenters. The number of hydrogen-bond acceptors (Lipinski definition) is 2. The average Bonchev–Trinajstić information content (AvgIpc) is 2.53. The van der Waals surface area contributed by atoms with E-state index in [1.165, 1.54) is 32.1 Å². The van der Waals surface area contributed by atoms with Crippen molar-refractivity contribution in [2.24, 2.45) is 5.92 Å². The maximum absolute atomic E-state index is 12.1. The van der Waals surface area contributed by atoms with E-state index >= 15 is 0 Å². The number of amides is 1.